The number of ether oxygens (including phenoxy) is 3. The van der Waals surface area contributed by atoms with Crippen LogP contribution in [0.5, 0.6) is 11.5 Å². The second-order valence-electron chi connectivity index (χ2n) is 5.54. The molecule has 0 saturated heterocycles. The topological polar surface area (TPSA) is 106 Å². The first-order valence-electron chi connectivity index (χ1n) is 8.60. The molecule has 1 aromatic rings. The molecule has 3 amide bonds. The van der Waals surface area contributed by atoms with Crippen LogP contribution in [0.3, 0.4) is 0 Å². The Bertz CT molecular complexity index is 650. The molecule has 9 heteroatoms. The summed E-state index contributed by atoms with van der Waals surface area (Å²) in [4.78, 5) is 36.8. The Hall–Kier alpha value is -2.81. The van der Waals surface area contributed by atoms with Gasteiger partial charge in [0, 0.05) is 6.54 Å². The average Bonchev–Trinajstić information content (AvgIpc) is 2.65. The second kappa shape index (κ2) is 11.7. The fourth-order valence-corrected chi connectivity index (χ4v) is 2.25. The van der Waals surface area contributed by atoms with E-state index in [1.807, 2.05) is 13.0 Å². The van der Waals surface area contributed by atoms with Crippen LogP contribution in [0.4, 0.5) is 4.79 Å². The molecule has 1 aromatic carbocycles. The highest BCUT2D eigenvalue weighted by molar-refractivity contribution is 5.93. The van der Waals surface area contributed by atoms with Gasteiger partial charge in [0.05, 0.1) is 33.9 Å². The van der Waals surface area contributed by atoms with E-state index in [0.717, 1.165) is 5.56 Å². The summed E-state index contributed by atoms with van der Waals surface area (Å²) in [5, 5.41) is 4.89. The summed E-state index contributed by atoms with van der Waals surface area (Å²) in [7, 11) is 3.09. The van der Waals surface area contributed by atoms with Crippen LogP contribution >= 0.6 is 0 Å². The zero-order valence-electron chi connectivity index (χ0n) is 16.2. The number of carbonyl (C=O) groups is 3. The van der Waals surface area contributed by atoms with Crippen molar-refractivity contribution >= 4 is 17.9 Å². The van der Waals surface area contributed by atoms with Gasteiger partial charge < -0.3 is 19.5 Å². The van der Waals surface area contributed by atoms with Gasteiger partial charge in [0.15, 0.2) is 11.5 Å². The second-order valence-corrected chi connectivity index (χ2v) is 5.54. The van der Waals surface area contributed by atoms with Crippen molar-refractivity contribution in [1.29, 1.82) is 0 Å². The van der Waals surface area contributed by atoms with E-state index in [-0.39, 0.29) is 25.6 Å². The SMILES string of the molecule is CCOC(=O)NC(=O)CN(CC)CC(=O)NCc1ccc(OC)c(OC)c1. The first kappa shape index (κ1) is 22.2. The van der Waals surface area contributed by atoms with Gasteiger partial charge >= 0.3 is 6.09 Å². The van der Waals surface area contributed by atoms with Crippen LogP contribution in [0.2, 0.25) is 0 Å². The molecule has 1 rings (SSSR count). The van der Waals surface area contributed by atoms with E-state index in [9.17, 15) is 14.4 Å². The van der Waals surface area contributed by atoms with Crippen LogP contribution in [0.1, 0.15) is 19.4 Å². The fraction of sp³-hybridized carbons (Fsp3) is 0.500. The molecule has 150 valence electrons. The number of hydrogen-bond acceptors (Lipinski definition) is 7. The van der Waals surface area contributed by atoms with Crippen LogP contribution in [-0.4, -0.2) is 63.3 Å². The van der Waals surface area contributed by atoms with E-state index >= 15 is 0 Å². The van der Waals surface area contributed by atoms with Crippen LogP contribution in [0.15, 0.2) is 18.2 Å². The summed E-state index contributed by atoms with van der Waals surface area (Å²) < 4.78 is 15.0. The molecule has 0 aliphatic heterocycles. The third-order valence-electron chi connectivity index (χ3n) is 3.64. The lowest BCUT2D eigenvalue weighted by Gasteiger charge is -2.19. The third kappa shape index (κ3) is 7.95. The minimum atomic E-state index is -0.795. The maximum Gasteiger partial charge on any atom is 0.413 e. The summed E-state index contributed by atoms with van der Waals surface area (Å²) in [6, 6.07) is 5.37. The number of rotatable bonds is 10. The number of nitrogens with zero attached hydrogens (tertiary/aromatic N) is 1. The predicted octanol–water partition coefficient (Wildman–Crippen LogP) is 0.915. The van der Waals surface area contributed by atoms with Crippen LogP contribution in [0, 0.1) is 0 Å². The van der Waals surface area contributed by atoms with Gasteiger partial charge in [-0.15, -0.1) is 0 Å². The molecule has 0 bridgehead atoms. The standard InChI is InChI=1S/C18H27N3O6/c1-5-21(12-17(23)20-18(24)27-6-2)11-16(22)19-10-13-7-8-14(25-3)15(9-13)26-4/h7-9H,5-6,10-12H2,1-4H3,(H,19,22)(H,20,23,24). The largest absolute Gasteiger partial charge is 0.493 e. The minimum Gasteiger partial charge on any atom is -0.493 e. The van der Waals surface area contributed by atoms with Crippen LogP contribution in [0.25, 0.3) is 0 Å². The zero-order chi connectivity index (χ0) is 20.2. The summed E-state index contributed by atoms with van der Waals surface area (Å²) in [5.74, 6) is 0.422. The highest BCUT2D eigenvalue weighted by Crippen LogP contribution is 2.27. The Morgan fingerprint density at radius 3 is 2.26 bits per heavy atom. The molecule has 0 heterocycles. The number of carbonyl (C=O) groups excluding carboxylic acids is 3. The average molecular weight is 381 g/mol. The number of benzene rings is 1. The minimum absolute atomic E-state index is 0.0278. The monoisotopic (exact) mass is 381 g/mol. The Kier molecular flexibility index (Phi) is 9.66. The van der Waals surface area contributed by atoms with Crippen LogP contribution < -0.4 is 20.1 Å². The molecule has 0 unspecified atom stereocenters. The van der Waals surface area contributed by atoms with Gasteiger partial charge in [-0.25, -0.2) is 4.79 Å². The number of hydrogen-bond donors (Lipinski definition) is 2. The number of alkyl carbamates (subject to hydrolysis) is 1. The lowest BCUT2D eigenvalue weighted by molar-refractivity contribution is -0.124. The van der Waals surface area contributed by atoms with Crippen molar-refractivity contribution in [3.8, 4) is 11.5 Å². The molecule has 0 fully saturated rings. The Morgan fingerprint density at radius 2 is 1.67 bits per heavy atom. The molecule has 0 spiro atoms. The van der Waals surface area contributed by atoms with Crippen molar-refractivity contribution < 1.29 is 28.6 Å². The molecule has 27 heavy (non-hydrogen) atoms. The van der Waals surface area contributed by atoms with Gasteiger partial charge in [-0.1, -0.05) is 13.0 Å². The molecule has 0 radical (unpaired) electrons. The number of imide groups is 1. The van der Waals surface area contributed by atoms with Crippen molar-refractivity contribution in [2.24, 2.45) is 0 Å². The van der Waals surface area contributed by atoms with Crippen molar-refractivity contribution in [1.82, 2.24) is 15.5 Å². The summed E-state index contributed by atoms with van der Waals surface area (Å²) in [6.07, 6.45) is -0.795. The molecule has 0 aliphatic carbocycles. The lowest BCUT2D eigenvalue weighted by atomic mass is 10.2. The number of methoxy groups -OCH3 is 2. The predicted molar refractivity (Wildman–Crippen MR) is 98.7 cm³/mol. The maximum atomic E-state index is 12.1. The van der Waals surface area contributed by atoms with E-state index in [1.54, 1.807) is 38.2 Å². The normalized spacial score (nSPS) is 10.3. The molecule has 0 aromatic heterocycles. The summed E-state index contributed by atoms with van der Waals surface area (Å²) in [6.45, 7) is 4.37. The van der Waals surface area contributed by atoms with Gasteiger partial charge in [-0.05, 0) is 31.2 Å². The Labute approximate surface area is 158 Å². The summed E-state index contributed by atoms with van der Waals surface area (Å²) >= 11 is 0. The van der Waals surface area contributed by atoms with Gasteiger partial charge in [0.25, 0.3) is 0 Å². The fourth-order valence-electron chi connectivity index (χ4n) is 2.25. The maximum absolute atomic E-state index is 12.1. The summed E-state index contributed by atoms with van der Waals surface area (Å²) in [5.41, 5.74) is 0.851. The molecule has 9 nitrogen and oxygen atoms in total. The first-order chi connectivity index (χ1) is 12.9. The van der Waals surface area contributed by atoms with E-state index < -0.39 is 12.0 Å². The van der Waals surface area contributed by atoms with E-state index in [2.05, 4.69) is 15.4 Å². The van der Waals surface area contributed by atoms with Crippen molar-refractivity contribution in [2.45, 2.75) is 20.4 Å². The number of likely N-dealkylation sites (N-methyl/N-ethyl adjacent to an activating group) is 1. The zero-order valence-corrected chi connectivity index (χ0v) is 16.2. The molecule has 0 atom stereocenters. The molecule has 0 aliphatic rings. The number of nitrogens with one attached hydrogen (secondary N) is 2. The van der Waals surface area contributed by atoms with Crippen molar-refractivity contribution in [2.75, 3.05) is 40.5 Å². The van der Waals surface area contributed by atoms with Crippen molar-refractivity contribution in [3.63, 3.8) is 0 Å². The smallest absolute Gasteiger partial charge is 0.413 e. The first-order valence-corrected chi connectivity index (χ1v) is 8.60. The lowest BCUT2D eigenvalue weighted by Crippen LogP contribution is -2.44. The van der Waals surface area contributed by atoms with Crippen LogP contribution in [-0.2, 0) is 20.9 Å². The van der Waals surface area contributed by atoms with Crippen molar-refractivity contribution in [3.05, 3.63) is 23.8 Å². The van der Waals surface area contributed by atoms with E-state index in [1.165, 1.54) is 0 Å². The molecular weight excluding hydrogens is 354 g/mol. The van der Waals surface area contributed by atoms with Gasteiger partial charge in [-0.2, -0.15) is 0 Å². The van der Waals surface area contributed by atoms with Gasteiger partial charge in [0.1, 0.15) is 0 Å². The highest BCUT2D eigenvalue weighted by atomic mass is 16.5. The molecule has 0 saturated carbocycles. The molecule has 2 N–H and O–H groups in total. The number of amides is 3. The quantitative estimate of drug-likeness (QED) is 0.620. The van der Waals surface area contributed by atoms with Gasteiger partial charge in [0.2, 0.25) is 11.8 Å². The highest BCUT2D eigenvalue weighted by Gasteiger charge is 2.15. The Morgan fingerprint density at radius 1 is 1.00 bits per heavy atom. The third-order valence-corrected chi connectivity index (χ3v) is 3.64. The Balaban J connectivity index is 2.49. The molecular formula is C18H27N3O6. The van der Waals surface area contributed by atoms with E-state index in [4.69, 9.17) is 9.47 Å². The van der Waals surface area contributed by atoms with E-state index in [0.29, 0.717) is 24.6 Å². The van der Waals surface area contributed by atoms with Gasteiger partial charge in [-0.3, -0.25) is 19.8 Å².